The van der Waals surface area contributed by atoms with Gasteiger partial charge in [0.25, 0.3) is 5.91 Å². The standard InChI is InChI=1S/C21H28N6O.ClH/c1-3-15-5-4-6-18-16(13-24-20(15)18)7-12-23-21(28)19-14(2)27(26-25-19)17-8-10-22-11-9-17;/h4-6,13,17,22,24H,3,7-12H2,1-2H3,(H,23,28);1H. The Hall–Kier alpha value is -2.38. The summed E-state index contributed by atoms with van der Waals surface area (Å²) in [5.41, 5.74) is 5.03. The predicted molar refractivity (Wildman–Crippen MR) is 117 cm³/mol. The third-order valence-corrected chi connectivity index (χ3v) is 5.75. The average molecular weight is 417 g/mol. The van der Waals surface area contributed by atoms with Crippen molar-refractivity contribution in [2.24, 2.45) is 0 Å². The summed E-state index contributed by atoms with van der Waals surface area (Å²) in [6, 6.07) is 6.71. The molecule has 3 heterocycles. The molecule has 0 saturated carbocycles. The van der Waals surface area contributed by atoms with Crippen LogP contribution in [0.15, 0.2) is 24.4 Å². The molecule has 1 aliphatic rings. The lowest BCUT2D eigenvalue weighted by Gasteiger charge is -2.23. The highest BCUT2D eigenvalue weighted by molar-refractivity contribution is 5.93. The summed E-state index contributed by atoms with van der Waals surface area (Å²) >= 11 is 0. The molecule has 0 spiro atoms. The second-order valence-electron chi connectivity index (χ2n) is 7.46. The SMILES string of the molecule is CCc1cccc2c(CCNC(=O)c3nnn(C4CCNCC4)c3C)c[nH]c12.Cl. The molecule has 0 aliphatic carbocycles. The van der Waals surface area contributed by atoms with Gasteiger partial charge in [0.1, 0.15) is 0 Å². The monoisotopic (exact) mass is 416 g/mol. The first-order valence-electron chi connectivity index (χ1n) is 10.2. The van der Waals surface area contributed by atoms with Gasteiger partial charge >= 0.3 is 0 Å². The Kier molecular flexibility index (Phi) is 6.92. The number of piperidine rings is 1. The number of nitrogens with zero attached hydrogens (tertiary/aromatic N) is 3. The van der Waals surface area contributed by atoms with Crippen molar-refractivity contribution < 1.29 is 4.79 Å². The minimum Gasteiger partial charge on any atom is -0.361 e. The fraction of sp³-hybridized carbons (Fsp3) is 0.476. The van der Waals surface area contributed by atoms with Crippen LogP contribution >= 0.6 is 12.4 Å². The minimum atomic E-state index is -0.147. The number of aromatic amines is 1. The molecular formula is C21H29ClN6O. The van der Waals surface area contributed by atoms with Crippen molar-refractivity contribution >= 4 is 29.2 Å². The summed E-state index contributed by atoms with van der Waals surface area (Å²) in [6.07, 6.45) is 5.87. The maximum Gasteiger partial charge on any atom is 0.273 e. The Morgan fingerprint density at radius 3 is 2.83 bits per heavy atom. The maximum atomic E-state index is 12.6. The fourth-order valence-electron chi connectivity index (χ4n) is 4.12. The normalized spacial score (nSPS) is 14.7. The highest BCUT2D eigenvalue weighted by Gasteiger charge is 2.22. The molecule has 2 aromatic heterocycles. The maximum absolute atomic E-state index is 12.6. The summed E-state index contributed by atoms with van der Waals surface area (Å²) in [6.45, 7) is 6.63. The van der Waals surface area contributed by atoms with Gasteiger partial charge in [0.15, 0.2) is 5.69 Å². The van der Waals surface area contributed by atoms with Gasteiger partial charge < -0.3 is 15.6 Å². The number of benzene rings is 1. The molecule has 1 saturated heterocycles. The van der Waals surface area contributed by atoms with E-state index in [2.05, 4.69) is 57.2 Å². The molecule has 1 aromatic carbocycles. The number of fused-ring (bicyclic) bond motifs is 1. The van der Waals surface area contributed by atoms with E-state index in [1.54, 1.807) is 0 Å². The van der Waals surface area contributed by atoms with Crippen LogP contribution in [0.1, 0.15) is 53.1 Å². The fourth-order valence-corrected chi connectivity index (χ4v) is 4.12. The van der Waals surface area contributed by atoms with Crippen LogP contribution in [0.4, 0.5) is 0 Å². The molecule has 3 N–H and O–H groups in total. The van der Waals surface area contributed by atoms with Gasteiger partial charge in [-0.05, 0) is 56.8 Å². The van der Waals surface area contributed by atoms with Gasteiger partial charge in [-0.1, -0.05) is 30.3 Å². The number of hydrogen-bond acceptors (Lipinski definition) is 4. The van der Waals surface area contributed by atoms with Crippen molar-refractivity contribution in [3.05, 3.63) is 46.9 Å². The van der Waals surface area contributed by atoms with Crippen molar-refractivity contribution in [3.63, 3.8) is 0 Å². The molecule has 0 atom stereocenters. The Labute approximate surface area is 177 Å². The van der Waals surface area contributed by atoms with Gasteiger partial charge in [-0.3, -0.25) is 4.79 Å². The molecule has 1 aliphatic heterocycles. The van der Waals surface area contributed by atoms with Crippen molar-refractivity contribution in [2.75, 3.05) is 19.6 Å². The van der Waals surface area contributed by atoms with Crippen LogP contribution in [0.25, 0.3) is 10.9 Å². The van der Waals surface area contributed by atoms with Crippen LogP contribution in [0.5, 0.6) is 0 Å². The summed E-state index contributed by atoms with van der Waals surface area (Å²) < 4.78 is 1.92. The Morgan fingerprint density at radius 1 is 1.28 bits per heavy atom. The summed E-state index contributed by atoms with van der Waals surface area (Å²) in [5.74, 6) is -0.147. The van der Waals surface area contributed by atoms with E-state index in [0.717, 1.165) is 44.5 Å². The number of rotatable bonds is 6. The van der Waals surface area contributed by atoms with Gasteiger partial charge in [0, 0.05) is 23.6 Å². The number of carbonyl (C=O) groups excluding carboxylic acids is 1. The average Bonchev–Trinajstić information content (AvgIpc) is 3.32. The van der Waals surface area contributed by atoms with Gasteiger partial charge in [-0.15, -0.1) is 17.5 Å². The Balaban J connectivity index is 0.00000240. The Morgan fingerprint density at radius 2 is 2.07 bits per heavy atom. The summed E-state index contributed by atoms with van der Waals surface area (Å²) in [5, 5.41) is 16.0. The number of carbonyl (C=O) groups is 1. The van der Waals surface area contributed by atoms with E-state index >= 15 is 0 Å². The summed E-state index contributed by atoms with van der Waals surface area (Å²) in [7, 11) is 0. The number of aromatic nitrogens is 4. The molecule has 0 bridgehead atoms. The molecule has 4 rings (SSSR count). The van der Waals surface area contributed by atoms with E-state index in [4.69, 9.17) is 0 Å². The van der Waals surface area contributed by atoms with Crippen LogP contribution < -0.4 is 10.6 Å². The zero-order chi connectivity index (χ0) is 19.5. The van der Waals surface area contributed by atoms with Crippen LogP contribution in [0.3, 0.4) is 0 Å². The molecule has 29 heavy (non-hydrogen) atoms. The van der Waals surface area contributed by atoms with E-state index in [1.807, 2.05) is 11.6 Å². The lowest BCUT2D eigenvalue weighted by molar-refractivity contribution is 0.0948. The van der Waals surface area contributed by atoms with Crippen LogP contribution in [-0.4, -0.2) is 45.5 Å². The number of hydrogen-bond donors (Lipinski definition) is 3. The van der Waals surface area contributed by atoms with Crippen LogP contribution in [0.2, 0.25) is 0 Å². The molecule has 0 radical (unpaired) electrons. The Bertz CT molecular complexity index is 973. The quantitative estimate of drug-likeness (QED) is 0.576. The molecule has 1 amide bonds. The van der Waals surface area contributed by atoms with Gasteiger partial charge in [0.05, 0.1) is 11.7 Å². The minimum absolute atomic E-state index is 0. The van der Waals surface area contributed by atoms with E-state index in [9.17, 15) is 4.79 Å². The highest BCUT2D eigenvalue weighted by atomic mass is 35.5. The smallest absolute Gasteiger partial charge is 0.273 e. The second-order valence-corrected chi connectivity index (χ2v) is 7.46. The van der Waals surface area contributed by atoms with E-state index in [1.165, 1.54) is 22.0 Å². The van der Waals surface area contributed by atoms with Crippen molar-refractivity contribution in [1.29, 1.82) is 0 Å². The number of para-hydroxylation sites is 1. The van der Waals surface area contributed by atoms with E-state index < -0.39 is 0 Å². The first-order valence-corrected chi connectivity index (χ1v) is 10.2. The number of H-pyrrole nitrogens is 1. The molecule has 7 nitrogen and oxygen atoms in total. The third-order valence-electron chi connectivity index (χ3n) is 5.75. The zero-order valence-electron chi connectivity index (χ0n) is 17.0. The molecule has 156 valence electrons. The summed E-state index contributed by atoms with van der Waals surface area (Å²) in [4.78, 5) is 16.0. The molecule has 3 aromatic rings. The van der Waals surface area contributed by atoms with Crippen molar-refractivity contribution in [1.82, 2.24) is 30.6 Å². The molecule has 0 unspecified atom stereocenters. The topological polar surface area (TPSA) is 87.6 Å². The lowest BCUT2D eigenvalue weighted by atomic mass is 10.1. The highest BCUT2D eigenvalue weighted by Crippen LogP contribution is 2.23. The van der Waals surface area contributed by atoms with Gasteiger partial charge in [-0.2, -0.15) is 0 Å². The van der Waals surface area contributed by atoms with E-state index in [0.29, 0.717) is 18.3 Å². The lowest BCUT2D eigenvalue weighted by Crippen LogP contribution is -2.30. The van der Waals surface area contributed by atoms with E-state index in [-0.39, 0.29) is 18.3 Å². The van der Waals surface area contributed by atoms with Gasteiger partial charge in [0.2, 0.25) is 0 Å². The first kappa shape index (κ1) is 21.3. The third kappa shape index (κ3) is 4.31. The predicted octanol–water partition coefficient (Wildman–Crippen LogP) is 2.95. The van der Waals surface area contributed by atoms with Crippen LogP contribution in [0, 0.1) is 6.92 Å². The number of amides is 1. The zero-order valence-corrected chi connectivity index (χ0v) is 17.8. The van der Waals surface area contributed by atoms with Crippen molar-refractivity contribution in [2.45, 2.75) is 45.6 Å². The molecule has 8 heteroatoms. The number of halogens is 1. The molecular weight excluding hydrogens is 388 g/mol. The molecule has 1 fully saturated rings. The first-order chi connectivity index (χ1) is 13.7. The van der Waals surface area contributed by atoms with Crippen molar-refractivity contribution in [3.8, 4) is 0 Å². The van der Waals surface area contributed by atoms with Gasteiger partial charge in [-0.25, -0.2) is 4.68 Å². The number of nitrogens with one attached hydrogen (secondary N) is 3. The second kappa shape index (κ2) is 9.41. The van der Waals surface area contributed by atoms with Crippen LogP contribution in [-0.2, 0) is 12.8 Å². The number of aryl methyl sites for hydroxylation is 1. The largest absolute Gasteiger partial charge is 0.361 e.